The number of benzene rings is 2. The standard InChI is InChI=1S/C16H10ClF2NO2/c17-10-5-6-14(22-16(18)19)9(7-10)8-12-11-3-1-2-4-13(11)20-15(12)21/h1-8,16H,(H,20,21). The predicted molar refractivity (Wildman–Crippen MR) is 81.0 cm³/mol. The van der Waals surface area contributed by atoms with E-state index in [1.807, 2.05) is 0 Å². The van der Waals surface area contributed by atoms with Crippen molar-refractivity contribution in [3.8, 4) is 5.75 Å². The van der Waals surface area contributed by atoms with Crippen molar-refractivity contribution >= 4 is 34.8 Å². The Morgan fingerprint density at radius 2 is 1.95 bits per heavy atom. The average Bonchev–Trinajstić information content (AvgIpc) is 2.78. The topological polar surface area (TPSA) is 38.3 Å². The molecule has 0 saturated heterocycles. The third kappa shape index (κ3) is 2.80. The first-order chi connectivity index (χ1) is 10.5. The Bertz CT molecular complexity index is 774. The van der Waals surface area contributed by atoms with Crippen LogP contribution in [0.5, 0.6) is 5.75 Å². The van der Waals surface area contributed by atoms with Gasteiger partial charge in [0.05, 0.1) is 0 Å². The molecule has 0 spiro atoms. The van der Waals surface area contributed by atoms with Gasteiger partial charge in [0.15, 0.2) is 0 Å². The van der Waals surface area contributed by atoms with E-state index in [4.69, 9.17) is 11.6 Å². The molecule has 2 aromatic carbocycles. The van der Waals surface area contributed by atoms with Crippen LogP contribution in [0.25, 0.3) is 11.6 Å². The van der Waals surface area contributed by atoms with E-state index in [1.165, 1.54) is 24.3 Å². The zero-order valence-electron chi connectivity index (χ0n) is 11.1. The maximum atomic E-state index is 12.5. The van der Waals surface area contributed by atoms with Gasteiger partial charge in [-0.3, -0.25) is 4.79 Å². The molecule has 0 atom stereocenters. The third-order valence-electron chi connectivity index (χ3n) is 3.20. The molecule has 1 heterocycles. The molecule has 3 rings (SSSR count). The van der Waals surface area contributed by atoms with Crippen LogP contribution in [0, 0.1) is 0 Å². The maximum Gasteiger partial charge on any atom is 0.387 e. The van der Waals surface area contributed by atoms with E-state index in [9.17, 15) is 13.6 Å². The van der Waals surface area contributed by atoms with Crippen molar-refractivity contribution in [1.29, 1.82) is 0 Å². The minimum Gasteiger partial charge on any atom is -0.434 e. The summed E-state index contributed by atoms with van der Waals surface area (Å²) in [6.07, 6.45) is 1.49. The van der Waals surface area contributed by atoms with E-state index in [0.717, 1.165) is 0 Å². The van der Waals surface area contributed by atoms with E-state index in [2.05, 4.69) is 10.1 Å². The number of ether oxygens (including phenoxy) is 1. The molecule has 2 aromatic rings. The molecule has 0 fully saturated rings. The van der Waals surface area contributed by atoms with Crippen molar-refractivity contribution in [2.24, 2.45) is 0 Å². The van der Waals surface area contributed by atoms with Gasteiger partial charge in [0.2, 0.25) is 0 Å². The van der Waals surface area contributed by atoms with Crippen LogP contribution in [0.1, 0.15) is 11.1 Å². The van der Waals surface area contributed by atoms with E-state index in [1.54, 1.807) is 24.3 Å². The summed E-state index contributed by atoms with van der Waals surface area (Å²) in [5.74, 6) is -0.340. The third-order valence-corrected chi connectivity index (χ3v) is 3.43. The van der Waals surface area contributed by atoms with Crippen LogP contribution < -0.4 is 10.1 Å². The first-order valence-electron chi connectivity index (χ1n) is 6.41. The fourth-order valence-electron chi connectivity index (χ4n) is 2.27. The molecule has 112 valence electrons. The summed E-state index contributed by atoms with van der Waals surface area (Å²) < 4.78 is 29.4. The summed E-state index contributed by atoms with van der Waals surface area (Å²) in [4.78, 5) is 12.1. The minimum absolute atomic E-state index is 0.0379. The molecular weight excluding hydrogens is 312 g/mol. The summed E-state index contributed by atoms with van der Waals surface area (Å²) in [5.41, 5.74) is 2.07. The Kier molecular flexibility index (Phi) is 3.81. The lowest BCUT2D eigenvalue weighted by atomic mass is 10.0. The lowest BCUT2D eigenvalue weighted by Gasteiger charge is -2.09. The molecule has 0 saturated carbocycles. The molecule has 1 amide bonds. The number of fused-ring (bicyclic) bond motifs is 1. The van der Waals surface area contributed by atoms with Crippen molar-refractivity contribution < 1.29 is 18.3 Å². The molecule has 0 aliphatic carbocycles. The highest BCUT2D eigenvalue weighted by Crippen LogP contribution is 2.35. The van der Waals surface area contributed by atoms with Crippen molar-refractivity contribution in [3.05, 3.63) is 58.6 Å². The van der Waals surface area contributed by atoms with Gasteiger partial charge < -0.3 is 10.1 Å². The van der Waals surface area contributed by atoms with E-state index >= 15 is 0 Å². The maximum absolute atomic E-state index is 12.5. The van der Waals surface area contributed by atoms with Gasteiger partial charge in [-0.05, 0) is 30.3 Å². The lowest BCUT2D eigenvalue weighted by molar-refractivity contribution is -0.110. The second-order valence-corrected chi connectivity index (χ2v) is 5.05. The Hall–Kier alpha value is -2.40. The molecule has 0 radical (unpaired) electrons. The number of alkyl halides is 2. The van der Waals surface area contributed by atoms with Crippen LogP contribution in [0.15, 0.2) is 42.5 Å². The van der Waals surface area contributed by atoms with Gasteiger partial charge in [0.25, 0.3) is 5.91 Å². The van der Waals surface area contributed by atoms with Crippen molar-refractivity contribution in [2.45, 2.75) is 6.61 Å². The highest BCUT2D eigenvalue weighted by molar-refractivity contribution is 6.35. The van der Waals surface area contributed by atoms with E-state index in [-0.39, 0.29) is 11.7 Å². The highest BCUT2D eigenvalue weighted by Gasteiger charge is 2.24. The highest BCUT2D eigenvalue weighted by atomic mass is 35.5. The summed E-state index contributed by atoms with van der Waals surface area (Å²) in [6.45, 7) is -2.96. The first kappa shape index (κ1) is 14.5. The number of carbonyl (C=O) groups excluding carboxylic acids is 1. The molecule has 6 heteroatoms. The molecule has 1 aliphatic heterocycles. The van der Waals surface area contributed by atoms with Gasteiger partial charge in [0.1, 0.15) is 5.75 Å². The number of para-hydroxylation sites is 1. The van der Waals surface area contributed by atoms with Crippen molar-refractivity contribution in [2.75, 3.05) is 5.32 Å². The lowest BCUT2D eigenvalue weighted by Crippen LogP contribution is -2.05. The van der Waals surface area contributed by atoms with Crippen molar-refractivity contribution in [3.63, 3.8) is 0 Å². The zero-order valence-corrected chi connectivity index (χ0v) is 11.9. The van der Waals surface area contributed by atoms with Gasteiger partial charge in [-0.25, -0.2) is 0 Å². The second kappa shape index (κ2) is 5.77. The molecule has 0 aromatic heterocycles. The van der Waals surface area contributed by atoms with Crippen LogP contribution in [0.4, 0.5) is 14.5 Å². The summed E-state index contributed by atoms with van der Waals surface area (Å²) >= 11 is 5.90. The number of hydrogen-bond donors (Lipinski definition) is 1. The van der Waals surface area contributed by atoms with E-state index in [0.29, 0.717) is 27.4 Å². The first-order valence-corrected chi connectivity index (χ1v) is 6.79. The number of anilines is 1. The van der Waals surface area contributed by atoms with Crippen LogP contribution in [-0.2, 0) is 4.79 Å². The fourth-order valence-corrected chi connectivity index (χ4v) is 2.45. The number of halogens is 3. The Morgan fingerprint density at radius 3 is 2.73 bits per heavy atom. The van der Waals surface area contributed by atoms with Gasteiger partial charge >= 0.3 is 6.61 Å². The average molecular weight is 322 g/mol. The Labute approximate surface area is 130 Å². The van der Waals surface area contributed by atoms with Crippen molar-refractivity contribution in [1.82, 2.24) is 0 Å². The summed E-state index contributed by atoms with van der Waals surface area (Å²) in [5, 5.41) is 3.07. The molecule has 3 nitrogen and oxygen atoms in total. The van der Waals surface area contributed by atoms with Gasteiger partial charge in [-0.1, -0.05) is 29.8 Å². The van der Waals surface area contributed by atoms with Crippen LogP contribution >= 0.6 is 11.6 Å². The molecular formula is C16H10ClF2NO2. The largest absolute Gasteiger partial charge is 0.434 e. The Morgan fingerprint density at radius 1 is 1.18 bits per heavy atom. The quantitative estimate of drug-likeness (QED) is 0.849. The summed E-state index contributed by atoms with van der Waals surface area (Å²) in [7, 11) is 0. The number of carbonyl (C=O) groups is 1. The number of hydrogen-bond acceptors (Lipinski definition) is 2. The van der Waals surface area contributed by atoms with Gasteiger partial charge in [0, 0.05) is 27.4 Å². The van der Waals surface area contributed by atoms with Gasteiger partial charge in [-0.15, -0.1) is 0 Å². The predicted octanol–water partition coefficient (Wildman–Crippen LogP) is 4.43. The normalized spacial score (nSPS) is 15.1. The van der Waals surface area contributed by atoms with Crippen LogP contribution in [0.3, 0.4) is 0 Å². The van der Waals surface area contributed by atoms with Crippen LogP contribution in [-0.4, -0.2) is 12.5 Å². The number of nitrogens with one attached hydrogen (secondary N) is 1. The van der Waals surface area contributed by atoms with Crippen LogP contribution in [0.2, 0.25) is 5.02 Å². The monoisotopic (exact) mass is 321 g/mol. The SMILES string of the molecule is O=C1Nc2ccccc2C1=Cc1cc(Cl)ccc1OC(F)F. The molecule has 1 aliphatic rings. The number of amides is 1. The zero-order chi connectivity index (χ0) is 15.7. The van der Waals surface area contributed by atoms with Gasteiger partial charge in [-0.2, -0.15) is 8.78 Å². The fraction of sp³-hybridized carbons (Fsp3) is 0.0625. The number of rotatable bonds is 3. The second-order valence-electron chi connectivity index (χ2n) is 4.62. The summed E-state index contributed by atoms with van der Waals surface area (Å²) in [6, 6.07) is 11.4. The Balaban J connectivity index is 2.09. The minimum atomic E-state index is -2.96. The molecule has 0 unspecified atom stereocenters. The smallest absolute Gasteiger partial charge is 0.387 e. The molecule has 22 heavy (non-hydrogen) atoms. The molecule has 1 N–H and O–H groups in total. The van der Waals surface area contributed by atoms with E-state index < -0.39 is 6.61 Å². The molecule has 0 bridgehead atoms.